The molecule has 96 valence electrons. The fraction of sp³-hybridized carbons (Fsp3) is 0.923. The Bertz CT molecular complexity index is 301. The van der Waals surface area contributed by atoms with Gasteiger partial charge in [0.15, 0.2) is 0 Å². The zero-order chi connectivity index (χ0) is 11.8. The number of amides is 1. The Hall–Kier alpha value is -0.610. The Morgan fingerprint density at radius 3 is 2.76 bits per heavy atom. The molecule has 3 unspecified atom stereocenters. The molecular weight excluding hydrogens is 214 g/mol. The smallest absolute Gasteiger partial charge is 0.239 e. The number of fused-ring (bicyclic) bond motifs is 2. The molecule has 0 aromatic rings. The maximum atomic E-state index is 12.4. The van der Waals surface area contributed by atoms with Crippen molar-refractivity contribution in [2.75, 3.05) is 26.7 Å². The van der Waals surface area contributed by atoms with Gasteiger partial charge in [0, 0.05) is 25.2 Å². The molecule has 3 saturated heterocycles. The lowest BCUT2D eigenvalue weighted by atomic mass is 10.1. The first kappa shape index (κ1) is 11.5. The lowest BCUT2D eigenvalue weighted by molar-refractivity contribution is -0.133. The molecule has 0 aromatic carbocycles. The van der Waals surface area contributed by atoms with Gasteiger partial charge in [0.25, 0.3) is 0 Å². The molecule has 2 bridgehead atoms. The maximum Gasteiger partial charge on any atom is 0.239 e. The van der Waals surface area contributed by atoms with Crippen LogP contribution in [-0.2, 0) is 4.79 Å². The molecule has 0 aromatic heterocycles. The number of hydrogen-bond donors (Lipinski definition) is 1. The van der Waals surface area contributed by atoms with Gasteiger partial charge in [0.05, 0.1) is 6.04 Å². The van der Waals surface area contributed by atoms with Gasteiger partial charge in [-0.15, -0.1) is 0 Å². The molecule has 3 rings (SSSR count). The normalized spacial score (nSPS) is 38.4. The number of carbonyl (C=O) groups is 1. The zero-order valence-corrected chi connectivity index (χ0v) is 10.7. The average Bonchev–Trinajstić information content (AvgIpc) is 2.88. The van der Waals surface area contributed by atoms with Gasteiger partial charge in [-0.1, -0.05) is 0 Å². The minimum absolute atomic E-state index is 0.108. The van der Waals surface area contributed by atoms with Gasteiger partial charge in [-0.05, 0) is 45.7 Å². The topological polar surface area (TPSA) is 35.6 Å². The summed E-state index contributed by atoms with van der Waals surface area (Å²) in [6.45, 7) is 2.92. The maximum absolute atomic E-state index is 12.4. The summed E-state index contributed by atoms with van der Waals surface area (Å²) in [5.41, 5.74) is 0. The van der Waals surface area contributed by atoms with Crippen molar-refractivity contribution in [1.82, 2.24) is 15.1 Å². The van der Waals surface area contributed by atoms with Gasteiger partial charge < -0.3 is 10.2 Å². The van der Waals surface area contributed by atoms with E-state index in [4.69, 9.17) is 0 Å². The molecule has 0 radical (unpaired) electrons. The van der Waals surface area contributed by atoms with Gasteiger partial charge in [0.2, 0.25) is 5.91 Å². The van der Waals surface area contributed by atoms with Crippen LogP contribution in [0.2, 0.25) is 0 Å². The number of hydrogen-bond acceptors (Lipinski definition) is 3. The average molecular weight is 237 g/mol. The molecule has 0 aliphatic carbocycles. The SMILES string of the molecule is CN1C2CCC1CN(C(=O)C1CCCN1)CC2. The van der Waals surface area contributed by atoms with Crippen molar-refractivity contribution in [2.24, 2.45) is 0 Å². The van der Waals surface area contributed by atoms with Crippen LogP contribution in [0.25, 0.3) is 0 Å². The molecule has 3 aliphatic rings. The third-order valence-electron chi connectivity index (χ3n) is 4.82. The van der Waals surface area contributed by atoms with Crippen molar-refractivity contribution < 1.29 is 4.79 Å². The molecule has 0 spiro atoms. The van der Waals surface area contributed by atoms with Crippen molar-refractivity contribution in [2.45, 2.75) is 50.2 Å². The molecule has 3 fully saturated rings. The molecule has 4 nitrogen and oxygen atoms in total. The van der Waals surface area contributed by atoms with Crippen molar-refractivity contribution in [3.8, 4) is 0 Å². The van der Waals surface area contributed by atoms with Crippen LogP contribution in [0.15, 0.2) is 0 Å². The zero-order valence-electron chi connectivity index (χ0n) is 10.7. The Kier molecular flexibility index (Phi) is 3.09. The largest absolute Gasteiger partial charge is 0.340 e. The molecular formula is C13H23N3O. The van der Waals surface area contributed by atoms with Gasteiger partial charge in [-0.2, -0.15) is 0 Å². The van der Waals surface area contributed by atoms with Gasteiger partial charge in [-0.25, -0.2) is 0 Å². The van der Waals surface area contributed by atoms with Gasteiger partial charge in [0.1, 0.15) is 0 Å². The van der Waals surface area contributed by atoms with Crippen molar-refractivity contribution >= 4 is 5.91 Å². The van der Waals surface area contributed by atoms with Crippen LogP contribution in [0.3, 0.4) is 0 Å². The molecule has 3 heterocycles. The Balaban J connectivity index is 1.66. The standard InChI is InChI=1S/C13H23N3O/c1-15-10-4-5-11(15)9-16(8-6-10)13(17)12-3-2-7-14-12/h10-12,14H,2-9H2,1H3. The van der Waals surface area contributed by atoms with E-state index >= 15 is 0 Å². The molecule has 17 heavy (non-hydrogen) atoms. The highest BCUT2D eigenvalue weighted by atomic mass is 16.2. The van der Waals surface area contributed by atoms with E-state index in [1.165, 1.54) is 12.8 Å². The van der Waals surface area contributed by atoms with Crippen LogP contribution >= 0.6 is 0 Å². The first-order valence-corrected chi connectivity index (χ1v) is 7.00. The predicted molar refractivity (Wildman–Crippen MR) is 66.8 cm³/mol. The number of nitrogens with zero attached hydrogens (tertiary/aromatic N) is 2. The van der Waals surface area contributed by atoms with Crippen molar-refractivity contribution in [1.29, 1.82) is 0 Å². The fourth-order valence-electron chi connectivity index (χ4n) is 3.62. The lowest BCUT2D eigenvalue weighted by Crippen LogP contribution is -2.47. The second kappa shape index (κ2) is 4.58. The fourth-order valence-corrected chi connectivity index (χ4v) is 3.62. The number of likely N-dealkylation sites (N-methyl/N-ethyl adjacent to an activating group) is 1. The highest BCUT2D eigenvalue weighted by Gasteiger charge is 2.37. The van der Waals surface area contributed by atoms with Crippen LogP contribution in [0.5, 0.6) is 0 Å². The van der Waals surface area contributed by atoms with Crippen molar-refractivity contribution in [3.05, 3.63) is 0 Å². The molecule has 3 aliphatic heterocycles. The van der Waals surface area contributed by atoms with Crippen LogP contribution in [0, 0.1) is 0 Å². The van der Waals surface area contributed by atoms with E-state index in [1.807, 2.05) is 0 Å². The summed E-state index contributed by atoms with van der Waals surface area (Å²) < 4.78 is 0. The Labute approximate surface area is 103 Å². The van der Waals surface area contributed by atoms with E-state index in [1.54, 1.807) is 0 Å². The van der Waals surface area contributed by atoms with Gasteiger partial charge in [-0.3, -0.25) is 9.69 Å². The summed E-state index contributed by atoms with van der Waals surface area (Å²) in [6, 6.07) is 1.43. The number of rotatable bonds is 1. The Morgan fingerprint density at radius 2 is 2.00 bits per heavy atom. The van der Waals surface area contributed by atoms with E-state index in [0.29, 0.717) is 18.0 Å². The predicted octanol–water partition coefficient (Wildman–Crippen LogP) is 0.433. The number of nitrogens with one attached hydrogen (secondary N) is 1. The minimum atomic E-state index is 0.108. The second-order valence-corrected chi connectivity index (χ2v) is 5.77. The third kappa shape index (κ3) is 2.08. The first-order chi connectivity index (χ1) is 8.25. The second-order valence-electron chi connectivity index (χ2n) is 5.77. The summed E-state index contributed by atoms with van der Waals surface area (Å²) in [5, 5.41) is 3.32. The van der Waals surface area contributed by atoms with Crippen LogP contribution in [-0.4, -0.2) is 60.5 Å². The third-order valence-corrected chi connectivity index (χ3v) is 4.82. The van der Waals surface area contributed by atoms with E-state index in [0.717, 1.165) is 38.9 Å². The summed E-state index contributed by atoms with van der Waals surface area (Å²) in [6.07, 6.45) is 5.93. The summed E-state index contributed by atoms with van der Waals surface area (Å²) in [4.78, 5) is 17.0. The van der Waals surface area contributed by atoms with E-state index in [9.17, 15) is 4.79 Å². The summed E-state index contributed by atoms with van der Waals surface area (Å²) in [7, 11) is 2.23. The van der Waals surface area contributed by atoms with Crippen molar-refractivity contribution in [3.63, 3.8) is 0 Å². The minimum Gasteiger partial charge on any atom is -0.340 e. The summed E-state index contributed by atoms with van der Waals surface area (Å²) >= 11 is 0. The molecule has 0 saturated carbocycles. The molecule has 1 N–H and O–H groups in total. The Morgan fingerprint density at radius 1 is 1.18 bits per heavy atom. The molecule has 4 heteroatoms. The first-order valence-electron chi connectivity index (χ1n) is 7.00. The quantitative estimate of drug-likeness (QED) is 0.718. The van der Waals surface area contributed by atoms with Crippen LogP contribution in [0.1, 0.15) is 32.1 Å². The number of likely N-dealkylation sites (tertiary alicyclic amines) is 1. The van der Waals surface area contributed by atoms with E-state index < -0.39 is 0 Å². The lowest BCUT2D eigenvalue weighted by Gasteiger charge is -2.28. The summed E-state index contributed by atoms with van der Waals surface area (Å²) in [5.74, 6) is 0.350. The van der Waals surface area contributed by atoms with Gasteiger partial charge >= 0.3 is 0 Å². The van der Waals surface area contributed by atoms with Crippen LogP contribution < -0.4 is 5.32 Å². The highest BCUT2D eigenvalue weighted by molar-refractivity contribution is 5.82. The monoisotopic (exact) mass is 237 g/mol. The van der Waals surface area contributed by atoms with E-state index in [-0.39, 0.29) is 6.04 Å². The molecule has 3 atom stereocenters. The van der Waals surface area contributed by atoms with Crippen LogP contribution in [0.4, 0.5) is 0 Å². The highest BCUT2D eigenvalue weighted by Crippen LogP contribution is 2.28. The van der Waals surface area contributed by atoms with E-state index in [2.05, 4.69) is 22.2 Å². The molecule has 1 amide bonds. The number of carbonyl (C=O) groups excluding carboxylic acids is 1.